The van der Waals surface area contributed by atoms with Crippen molar-refractivity contribution in [2.24, 2.45) is 5.73 Å². The highest BCUT2D eigenvalue weighted by atomic mass is 19.1. The molecule has 1 aromatic heterocycles. The van der Waals surface area contributed by atoms with Gasteiger partial charge in [-0.25, -0.2) is 18.0 Å². The number of pyridine rings is 1. The molecule has 1 aliphatic heterocycles. The van der Waals surface area contributed by atoms with E-state index in [9.17, 15) is 19.1 Å². The first kappa shape index (κ1) is 17.8. The molecule has 2 fully saturated rings. The SMILES string of the molecule is Cc1c(F)c(N2CC[C@@H](N)C2)c(F)c2c1c(=O)c(C(=O)O)cn2[C@@H]1C[C@@H]1F. The van der Waals surface area contributed by atoms with Crippen LogP contribution in [0, 0.1) is 18.6 Å². The Morgan fingerprint density at radius 2 is 2.00 bits per heavy atom. The number of halogens is 3. The Balaban J connectivity index is 2.09. The molecule has 6 nitrogen and oxygen atoms in total. The van der Waals surface area contributed by atoms with Crippen LogP contribution in [0.2, 0.25) is 0 Å². The van der Waals surface area contributed by atoms with Gasteiger partial charge in [-0.15, -0.1) is 0 Å². The van der Waals surface area contributed by atoms with Crippen LogP contribution in [0.4, 0.5) is 18.9 Å². The zero-order chi connectivity index (χ0) is 19.6. The maximum absolute atomic E-state index is 15.4. The molecule has 9 heteroatoms. The van der Waals surface area contributed by atoms with E-state index >= 15 is 8.78 Å². The number of anilines is 1. The molecule has 0 amide bonds. The summed E-state index contributed by atoms with van der Waals surface area (Å²) in [5.74, 6) is -3.44. The largest absolute Gasteiger partial charge is 0.477 e. The molecule has 0 spiro atoms. The Morgan fingerprint density at radius 1 is 1.33 bits per heavy atom. The molecule has 0 bridgehead atoms. The standard InChI is InChI=1S/C18H18F3N3O3/c1-7-12-15(14(21)16(13(7)20)23-3-2-8(22)5-23)24(11-4-10(11)19)6-9(17(12)25)18(26)27/h6,8,10-11H,2-5,22H2,1H3,(H,26,27)/t8-,10+,11-/m1/s1. The second-order valence-electron chi connectivity index (χ2n) is 7.22. The van der Waals surface area contributed by atoms with Crippen molar-refractivity contribution in [1.82, 2.24) is 4.57 Å². The van der Waals surface area contributed by atoms with Gasteiger partial charge in [0.05, 0.1) is 16.9 Å². The van der Waals surface area contributed by atoms with Crippen molar-refractivity contribution in [1.29, 1.82) is 0 Å². The van der Waals surface area contributed by atoms with E-state index in [0.717, 1.165) is 10.8 Å². The van der Waals surface area contributed by atoms with Gasteiger partial charge in [-0.05, 0) is 13.3 Å². The average molecular weight is 381 g/mol. The van der Waals surface area contributed by atoms with Gasteiger partial charge < -0.3 is 20.3 Å². The predicted molar refractivity (Wildman–Crippen MR) is 93.2 cm³/mol. The van der Waals surface area contributed by atoms with E-state index in [-0.39, 0.29) is 41.2 Å². The lowest BCUT2D eigenvalue weighted by atomic mass is 10.0. The maximum Gasteiger partial charge on any atom is 0.341 e. The summed E-state index contributed by atoms with van der Waals surface area (Å²) in [5.41, 5.74) is 3.50. The summed E-state index contributed by atoms with van der Waals surface area (Å²) in [6.07, 6.45) is 0.329. The van der Waals surface area contributed by atoms with Crippen LogP contribution in [0.5, 0.6) is 0 Å². The fraction of sp³-hybridized carbons (Fsp3) is 0.444. The lowest BCUT2D eigenvalue weighted by molar-refractivity contribution is 0.0694. The van der Waals surface area contributed by atoms with Gasteiger partial charge in [0.25, 0.3) is 0 Å². The number of nitrogens with zero attached hydrogens (tertiary/aromatic N) is 2. The number of rotatable bonds is 3. The summed E-state index contributed by atoms with van der Waals surface area (Å²) in [5, 5.41) is 8.92. The Labute approximate surface area is 152 Å². The van der Waals surface area contributed by atoms with Crippen molar-refractivity contribution in [2.45, 2.75) is 38.0 Å². The van der Waals surface area contributed by atoms with Crippen LogP contribution >= 0.6 is 0 Å². The van der Waals surface area contributed by atoms with E-state index in [2.05, 4.69) is 0 Å². The van der Waals surface area contributed by atoms with Crippen molar-refractivity contribution in [3.8, 4) is 0 Å². The molecule has 1 aromatic carbocycles. The first-order chi connectivity index (χ1) is 12.7. The Kier molecular flexibility index (Phi) is 3.95. The predicted octanol–water partition coefficient (Wildman–Crippen LogP) is 2.11. The maximum atomic E-state index is 15.4. The lowest BCUT2D eigenvalue weighted by Gasteiger charge is -2.23. The highest BCUT2D eigenvalue weighted by molar-refractivity contribution is 5.95. The second-order valence-corrected chi connectivity index (χ2v) is 7.22. The van der Waals surface area contributed by atoms with Crippen LogP contribution in [0.3, 0.4) is 0 Å². The zero-order valence-electron chi connectivity index (χ0n) is 14.5. The second kappa shape index (κ2) is 5.98. The average Bonchev–Trinajstić information content (AvgIpc) is 3.17. The molecule has 2 aliphatic rings. The van der Waals surface area contributed by atoms with Gasteiger partial charge in [-0.2, -0.15) is 0 Å². The fourth-order valence-corrected chi connectivity index (χ4v) is 3.82. The number of carboxylic acids is 1. The third-order valence-electron chi connectivity index (χ3n) is 5.37. The molecule has 2 aromatic rings. The molecule has 0 unspecified atom stereocenters. The van der Waals surface area contributed by atoms with Gasteiger partial charge in [0.2, 0.25) is 5.43 Å². The van der Waals surface area contributed by atoms with Gasteiger partial charge in [-0.1, -0.05) is 0 Å². The summed E-state index contributed by atoms with van der Waals surface area (Å²) < 4.78 is 45.3. The minimum absolute atomic E-state index is 0.0802. The van der Waals surface area contributed by atoms with Crippen LogP contribution in [-0.2, 0) is 0 Å². The third-order valence-corrected chi connectivity index (χ3v) is 5.37. The molecular formula is C18H18F3N3O3. The van der Waals surface area contributed by atoms with E-state index in [4.69, 9.17) is 5.73 Å². The Hall–Kier alpha value is -2.55. The van der Waals surface area contributed by atoms with E-state index in [1.807, 2.05) is 0 Å². The molecule has 3 N–H and O–H groups in total. The molecule has 1 saturated carbocycles. The summed E-state index contributed by atoms with van der Waals surface area (Å²) in [4.78, 5) is 25.5. The highest BCUT2D eigenvalue weighted by Crippen LogP contribution is 2.43. The Morgan fingerprint density at radius 3 is 2.52 bits per heavy atom. The van der Waals surface area contributed by atoms with Crippen LogP contribution < -0.4 is 16.1 Å². The normalized spacial score (nSPS) is 24.6. The molecule has 1 saturated heterocycles. The lowest BCUT2D eigenvalue weighted by Crippen LogP contribution is -2.29. The van der Waals surface area contributed by atoms with Crippen molar-refractivity contribution in [2.75, 3.05) is 18.0 Å². The van der Waals surface area contributed by atoms with E-state index in [0.29, 0.717) is 13.0 Å². The van der Waals surface area contributed by atoms with Crippen LogP contribution in [-0.4, -0.2) is 40.9 Å². The third kappa shape index (κ3) is 2.60. The minimum Gasteiger partial charge on any atom is -0.477 e. The van der Waals surface area contributed by atoms with E-state index in [1.54, 1.807) is 0 Å². The van der Waals surface area contributed by atoms with Gasteiger partial charge in [0.15, 0.2) is 11.6 Å². The number of carboxylic acid groups (broad SMARTS) is 1. The van der Waals surface area contributed by atoms with Crippen LogP contribution in [0.15, 0.2) is 11.0 Å². The number of carbonyl (C=O) groups is 1. The summed E-state index contributed by atoms with van der Waals surface area (Å²) in [6, 6.07) is -1.01. The van der Waals surface area contributed by atoms with Crippen LogP contribution in [0.1, 0.15) is 34.8 Å². The van der Waals surface area contributed by atoms with Gasteiger partial charge in [0, 0.05) is 37.3 Å². The molecular weight excluding hydrogens is 363 g/mol. The van der Waals surface area contributed by atoms with Crippen molar-refractivity contribution in [3.05, 3.63) is 39.2 Å². The topological polar surface area (TPSA) is 88.6 Å². The zero-order valence-corrected chi connectivity index (χ0v) is 14.5. The molecule has 0 radical (unpaired) electrons. The van der Waals surface area contributed by atoms with Crippen molar-refractivity contribution >= 4 is 22.6 Å². The molecule has 144 valence electrons. The summed E-state index contributed by atoms with van der Waals surface area (Å²) >= 11 is 0. The first-order valence-electron chi connectivity index (χ1n) is 8.66. The Bertz CT molecular complexity index is 1040. The molecule has 4 rings (SSSR count). The summed E-state index contributed by atoms with van der Waals surface area (Å²) in [7, 11) is 0. The van der Waals surface area contributed by atoms with Gasteiger partial charge in [0.1, 0.15) is 17.4 Å². The monoisotopic (exact) mass is 381 g/mol. The fourth-order valence-electron chi connectivity index (χ4n) is 3.82. The first-order valence-corrected chi connectivity index (χ1v) is 8.66. The number of aromatic carboxylic acids is 1. The highest BCUT2D eigenvalue weighted by Gasteiger charge is 2.41. The smallest absolute Gasteiger partial charge is 0.341 e. The quantitative estimate of drug-likeness (QED) is 0.850. The number of aromatic nitrogens is 1. The van der Waals surface area contributed by atoms with Crippen molar-refractivity contribution in [3.63, 3.8) is 0 Å². The molecule has 2 heterocycles. The number of hydrogen-bond acceptors (Lipinski definition) is 4. The van der Waals surface area contributed by atoms with Crippen LogP contribution in [0.25, 0.3) is 10.9 Å². The minimum atomic E-state index is -1.53. The number of hydrogen-bond donors (Lipinski definition) is 2. The van der Waals surface area contributed by atoms with Gasteiger partial charge >= 0.3 is 5.97 Å². The van der Waals surface area contributed by atoms with Crippen molar-refractivity contribution < 1.29 is 23.1 Å². The summed E-state index contributed by atoms with van der Waals surface area (Å²) in [6.45, 7) is 1.91. The number of aryl methyl sites for hydroxylation is 1. The van der Waals surface area contributed by atoms with Gasteiger partial charge in [-0.3, -0.25) is 4.79 Å². The number of nitrogens with two attached hydrogens (primary N) is 1. The van der Waals surface area contributed by atoms with E-state index in [1.165, 1.54) is 11.8 Å². The number of benzene rings is 1. The molecule has 3 atom stereocenters. The molecule has 27 heavy (non-hydrogen) atoms. The number of alkyl halides is 1. The number of fused-ring (bicyclic) bond motifs is 1. The molecule has 1 aliphatic carbocycles. The van der Waals surface area contributed by atoms with E-state index < -0.39 is 40.8 Å².